The van der Waals surface area contributed by atoms with Gasteiger partial charge in [-0.2, -0.15) is 15.2 Å². The summed E-state index contributed by atoms with van der Waals surface area (Å²) >= 11 is 0. The van der Waals surface area contributed by atoms with Gasteiger partial charge in [-0.05, 0) is 51.6 Å². The first kappa shape index (κ1) is 24.3. The third-order valence-electron chi connectivity index (χ3n) is 7.84. The van der Waals surface area contributed by atoms with E-state index in [0.29, 0.717) is 40.7 Å². The average Bonchev–Trinajstić information content (AvgIpc) is 3.58. The maximum atomic E-state index is 12.9. The van der Waals surface area contributed by atoms with E-state index in [1.807, 2.05) is 33.3 Å². The molecule has 198 valence electrons. The molecule has 0 unspecified atom stereocenters. The highest BCUT2D eigenvalue weighted by molar-refractivity contribution is 5.96. The van der Waals surface area contributed by atoms with E-state index >= 15 is 0 Å². The van der Waals surface area contributed by atoms with E-state index in [0.717, 1.165) is 29.9 Å². The Kier molecular flexibility index (Phi) is 6.18. The van der Waals surface area contributed by atoms with Crippen molar-refractivity contribution in [3.63, 3.8) is 0 Å². The maximum absolute atomic E-state index is 12.9. The van der Waals surface area contributed by atoms with Gasteiger partial charge in [0.15, 0.2) is 11.5 Å². The van der Waals surface area contributed by atoms with Crippen LogP contribution in [0.15, 0.2) is 30.9 Å². The molecular weight excluding hydrogens is 482 g/mol. The monoisotopic (exact) mass is 515 g/mol. The fourth-order valence-electron chi connectivity index (χ4n) is 5.62. The number of amides is 1. The number of nitrogens with one attached hydrogen (secondary N) is 3. The van der Waals surface area contributed by atoms with Crippen LogP contribution < -0.4 is 16.0 Å². The van der Waals surface area contributed by atoms with E-state index in [1.54, 1.807) is 28.0 Å². The molecule has 0 radical (unpaired) electrons. The Hall–Kier alpha value is -4.06. The second-order valence-electron chi connectivity index (χ2n) is 10.3. The lowest BCUT2D eigenvalue weighted by Crippen LogP contribution is -2.51. The molecule has 3 N–H and O–H groups in total. The third kappa shape index (κ3) is 4.55. The Morgan fingerprint density at radius 3 is 2.68 bits per heavy atom. The minimum atomic E-state index is -0.122. The molecule has 38 heavy (non-hydrogen) atoms. The standard InChI is InChI=1S/C26H33N11O/c1-17-21(12-18(13-28-17)24(38)27-9-11-37-10-5-8-26(37)6-4-7-26)32-22-20-15-29-25(33-23(20)36(3)34-22)31-19-14-30-35(2)16-19/h12-16H,4-11H2,1-3H3,(H,27,38)(H,32,34)(H,29,31,33). The summed E-state index contributed by atoms with van der Waals surface area (Å²) in [6.07, 6.45) is 13.4. The summed E-state index contributed by atoms with van der Waals surface area (Å²) in [5, 5.41) is 19.1. The van der Waals surface area contributed by atoms with Crippen molar-refractivity contribution in [2.45, 2.75) is 44.6 Å². The molecule has 2 aliphatic rings. The molecule has 1 aliphatic carbocycles. The molecule has 12 heteroatoms. The SMILES string of the molecule is Cc1ncc(C(=O)NCCN2CCCC23CCC3)cc1Nc1nn(C)c2nc(Nc3cnn(C)c3)ncc12. The number of fused-ring (bicyclic) bond motifs is 1. The summed E-state index contributed by atoms with van der Waals surface area (Å²) in [4.78, 5) is 29.0. The van der Waals surface area contributed by atoms with Gasteiger partial charge in [0.25, 0.3) is 5.91 Å². The number of likely N-dealkylation sites (tertiary alicyclic amines) is 1. The molecule has 2 fully saturated rings. The third-order valence-corrected chi connectivity index (χ3v) is 7.84. The lowest BCUT2D eigenvalue weighted by Gasteiger charge is -2.46. The number of nitrogens with zero attached hydrogens (tertiary/aromatic N) is 8. The van der Waals surface area contributed by atoms with Gasteiger partial charge in [-0.1, -0.05) is 0 Å². The second kappa shape index (κ2) is 9.67. The number of aromatic nitrogens is 7. The van der Waals surface area contributed by atoms with Crippen LogP contribution in [-0.2, 0) is 14.1 Å². The van der Waals surface area contributed by atoms with Crippen LogP contribution in [0, 0.1) is 6.92 Å². The van der Waals surface area contributed by atoms with Gasteiger partial charge in [0.1, 0.15) is 0 Å². The van der Waals surface area contributed by atoms with Crippen LogP contribution in [0.25, 0.3) is 11.0 Å². The minimum Gasteiger partial charge on any atom is -0.351 e. The Labute approximate surface area is 220 Å². The molecule has 4 aromatic heterocycles. The van der Waals surface area contributed by atoms with Crippen LogP contribution in [0.1, 0.15) is 48.2 Å². The largest absolute Gasteiger partial charge is 0.351 e. The van der Waals surface area contributed by atoms with Crippen molar-refractivity contribution in [3.8, 4) is 0 Å². The molecule has 1 amide bonds. The zero-order valence-electron chi connectivity index (χ0n) is 22.0. The Morgan fingerprint density at radius 1 is 1.08 bits per heavy atom. The number of hydrogen-bond donors (Lipinski definition) is 3. The highest BCUT2D eigenvalue weighted by Crippen LogP contribution is 2.45. The predicted molar refractivity (Wildman–Crippen MR) is 145 cm³/mol. The van der Waals surface area contributed by atoms with Crippen molar-refractivity contribution in [1.29, 1.82) is 0 Å². The quantitative estimate of drug-likeness (QED) is 0.324. The molecule has 4 aromatic rings. The fourth-order valence-corrected chi connectivity index (χ4v) is 5.62. The van der Waals surface area contributed by atoms with Gasteiger partial charge >= 0.3 is 0 Å². The van der Waals surface area contributed by atoms with Crippen LogP contribution in [-0.4, -0.2) is 70.5 Å². The summed E-state index contributed by atoms with van der Waals surface area (Å²) < 4.78 is 3.40. The van der Waals surface area contributed by atoms with Crippen LogP contribution >= 0.6 is 0 Å². The summed E-state index contributed by atoms with van der Waals surface area (Å²) in [5.41, 5.74) is 3.87. The molecule has 1 aliphatic heterocycles. The van der Waals surface area contributed by atoms with Gasteiger partial charge < -0.3 is 16.0 Å². The summed E-state index contributed by atoms with van der Waals surface area (Å²) in [5.74, 6) is 0.925. The first-order chi connectivity index (χ1) is 18.4. The van der Waals surface area contributed by atoms with Gasteiger partial charge in [-0.25, -0.2) is 9.67 Å². The Morgan fingerprint density at radius 2 is 1.92 bits per heavy atom. The summed E-state index contributed by atoms with van der Waals surface area (Å²) in [7, 11) is 3.68. The highest BCUT2D eigenvalue weighted by atomic mass is 16.1. The molecule has 1 saturated heterocycles. The first-order valence-electron chi connectivity index (χ1n) is 13.1. The number of aryl methyl sites for hydroxylation is 3. The number of carbonyl (C=O) groups is 1. The number of hydrogen-bond acceptors (Lipinski definition) is 9. The highest BCUT2D eigenvalue weighted by Gasteiger charge is 2.44. The van der Waals surface area contributed by atoms with E-state index in [4.69, 9.17) is 0 Å². The van der Waals surface area contributed by atoms with Gasteiger partial charge in [0, 0.05) is 51.3 Å². The van der Waals surface area contributed by atoms with Crippen molar-refractivity contribution in [2.75, 3.05) is 30.3 Å². The predicted octanol–water partition coefficient (Wildman–Crippen LogP) is 3.04. The fraction of sp³-hybridized carbons (Fsp3) is 0.462. The van der Waals surface area contributed by atoms with Crippen molar-refractivity contribution in [3.05, 3.63) is 42.1 Å². The smallest absolute Gasteiger partial charge is 0.252 e. The van der Waals surface area contributed by atoms with E-state index in [-0.39, 0.29) is 5.91 Å². The van der Waals surface area contributed by atoms with E-state index in [2.05, 4.69) is 46.0 Å². The second-order valence-corrected chi connectivity index (χ2v) is 10.3. The molecule has 1 saturated carbocycles. The Bertz CT molecular complexity index is 1490. The minimum absolute atomic E-state index is 0.122. The van der Waals surface area contributed by atoms with Crippen LogP contribution in [0.2, 0.25) is 0 Å². The molecule has 5 heterocycles. The zero-order chi connectivity index (χ0) is 26.3. The van der Waals surface area contributed by atoms with Crippen LogP contribution in [0.3, 0.4) is 0 Å². The number of pyridine rings is 1. The van der Waals surface area contributed by atoms with E-state index < -0.39 is 0 Å². The van der Waals surface area contributed by atoms with Crippen molar-refractivity contribution < 1.29 is 4.79 Å². The van der Waals surface area contributed by atoms with Gasteiger partial charge in [-0.3, -0.25) is 19.4 Å². The van der Waals surface area contributed by atoms with E-state index in [1.165, 1.54) is 32.1 Å². The summed E-state index contributed by atoms with van der Waals surface area (Å²) in [6.45, 7) is 4.56. The van der Waals surface area contributed by atoms with Gasteiger partial charge in [0.2, 0.25) is 5.95 Å². The number of anilines is 4. The Balaban J connectivity index is 1.14. The summed E-state index contributed by atoms with van der Waals surface area (Å²) in [6, 6.07) is 1.82. The average molecular weight is 516 g/mol. The molecule has 0 aromatic carbocycles. The number of rotatable bonds is 8. The molecule has 0 atom stereocenters. The molecular formula is C26H33N11O. The van der Waals surface area contributed by atoms with Crippen molar-refractivity contribution in [2.24, 2.45) is 14.1 Å². The van der Waals surface area contributed by atoms with Crippen molar-refractivity contribution >= 4 is 40.1 Å². The zero-order valence-corrected chi connectivity index (χ0v) is 22.0. The molecule has 0 bridgehead atoms. The van der Waals surface area contributed by atoms with Gasteiger partial charge in [-0.15, -0.1) is 0 Å². The van der Waals surface area contributed by atoms with Crippen molar-refractivity contribution in [1.82, 2.24) is 44.7 Å². The topological polar surface area (TPSA) is 131 Å². The van der Waals surface area contributed by atoms with Gasteiger partial charge in [0.05, 0.1) is 34.2 Å². The number of carbonyl (C=O) groups excluding carboxylic acids is 1. The molecule has 1 spiro atoms. The normalized spacial score (nSPS) is 16.6. The van der Waals surface area contributed by atoms with E-state index in [9.17, 15) is 4.79 Å². The molecule has 6 rings (SSSR count). The van der Waals surface area contributed by atoms with Crippen LogP contribution in [0.5, 0.6) is 0 Å². The first-order valence-corrected chi connectivity index (χ1v) is 13.1. The lowest BCUT2D eigenvalue weighted by molar-refractivity contribution is 0.0561. The molecule has 12 nitrogen and oxygen atoms in total. The van der Waals surface area contributed by atoms with Crippen LogP contribution in [0.4, 0.5) is 23.1 Å². The maximum Gasteiger partial charge on any atom is 0.252 e. The lowest BCUT2D eigenvalue weighted by atomic mass is 9.75.